The molecule has 1 unspecified atom stereocenters. The second kappa shape index (κ2) is 11.6. The molecule has 0 spiro atoms. The Morgan fingerprint density at radius 1 is 1.10 bits per heavy atom. The van der Waals surface area contributed by atoms with Gasteiger partial charge in [-0.1, -0.05) is 26.0 Å². The highest BCUT2D eigenvalue weighted by Gasteiger charge is 2.48. The van der Waals surface area contributed by atoms with Crippen LogP contribution in [0.4, 0.5) is 5.69 Å². The van der Waals surface area contributed by atoms with Crippen molar-refractivity contribution in [2.45, 2.75) is 45.3 Å². The number of nitrogens with zero attached hydrogens (tertiary/aromatic N) is 4. The molecule has 41 heavy (non-hydrogen) atoms. The summed E-state index contributed by atoms with van der Waals surface area (Å²) in [6, 6.07) is 9.10. The molecule has 0 radical (unpaired) electrons. The molecule has 3 aliphatic rings. The van der Waals surface area contributed by atoms with Crippen molar-refractivity contribution in [1.29, 1.82) is 5.41 Å². The zero-order valence-corrected chi connectivity index (χ0v) is 23.4. The van der Waals surface area contributed by atoms with E-state index in [0.29, 0.717) is 30.9 Å². The monoisotopic (exact) mass is 563 g/mol. The largest absolute Gasteiger partial charge is 0.459 e. The van der Waals surface area contributed by atoms with Gasteiger partial charge in [-0.2, -0.15) is 0 Å². The lowest BCUT2D eigenvalue weighted by Crippen LogP contribution is -2.69. The third-order valence-electron chi connectivity index (χ3n) is 7.99. The minimum atomic E-state index is -0.984. The number of fused-ring (bicyclic) bond motifs is 3. The van der Waals surface area contributed by atoms with Crippen LogP contribution in [0.5, 0.6) is 0 Å². The maximum Gasteiger partial charge on any atom is 0.291 e. The lowest BCUT2D eigenvalue weighted by Gasteiger charge is -2.46. The number of para-hydroxylation sites is 1. The molecule has 12 nitrogen and oxygen atoms in total. The Balaban J connectivity index is 1.50. The molecule has 0 aliphatic carbocycles. The van der Waals surface area contributed by atoms with Crippen molar-refractivity contribution < 1.29 is 23.6 Å². The number of hydrogen-bond acceptors (Lipinski definition) is 6. The summed E-state index contributed by atoms with van der Waals surface area (Å²) in [4.78, 5) is 61.1. The van der Waals surface area contributed by atoms with Crippen LogP contribution < -0.4 is 16.0 Å². The summed E-state index contributed by atoms with van der Waals surface area (Å²) in [6.07, 6.45) is 2.37. The summed E-state index contributed by atoms with van der Waals surface area (Å²) in [5, 5.41) is 10.5. The van der Waals surface area contributed by atoms with E-state index in [-0.39, 0.29) is 60.8 Å². The zero-order chi connectivity index (χ0) is 29.3. The third kappa shape index (κ3) is 5.77. The molecule has 12 heteroatoms. The molecule has 4 heterocycles. The molecule has 5 rings (SSSR count). The number of likely N-dealkylation sites (tertiary alicyclic amines) is 1. The van der Waals surface area contributed by atoms with E-state index in [0.717, 1.165) is 12.8 Å². The highest BCUT2D eigenvalue weighted by Crippen LogP contribution is 2.34. The van der Waals surface area contributed by atoms with Crippen LogP contribution in [0.3, 0.4) is 0 Å². The fourth-order valence-corrected chi connectivity index (χ4v) is 5.94. The molecular formula is C29H37N7O5. The van der Waals surface area contributed by atoms with Crippen LogP contribution in [0.2, 0.25) is 0 Å². The van der Waals surface area contributed by atoms with Gasteiger partial charge in [-0.25, -0.2) is 0 Å². The van der Waals surface area contributed by atoms with E-state index in [9.17, 15) is 19.2 Å². The molecule has 0 saturated carbocycles. The van der Waals surface area contributed by atoms with Gasteiger partial charge in [0.1, 0.15) is 12.2 Å². The Morgan fingerprint density at radius 3 is 2.49 bits per heavy atom. The molecule has 2 fully saturated rings. The van der Waals surface area contributed by atoms with Crippen molar-refractivity contribution in [2.24, 2.45) is 17.6 Å². The molecule has 2 saturated heterocycles. The molecule has 2 atom stereocenters. The van der Waals surface area contributed by atoms with Gasteiger partial charge in [-0.15, -0.1) is 0 Å². The molecule has 218 valence electrons. The molecule has 0 bridgehead atoms. The number of rotatable bonds is 6. The van der Waals surface area contributed by atoms with E-state index in [1.54, 1.807) is 41.3 Å². The lowest BCUT2D eigenvalue weighted by atomic mass is 9.96. The van der Waals surface area contributed by atoms with Gasteiger partial charge in [-0.3, -0.25) is 29.5 Å². The number of carbonyl (C=O) groups excluding carboxylic acids is 4. The second-order valence-corrected chi connectivity index (χ2v) is 11.4. The summed E-state index contributed by atoms with van der Waals surface area (Å²) < 4.78 is 5.43. The van der Waals surface area contributed by atoms with E-state index in [2.05, 4.69) is 5.32 Å². The van der Waals surface area contributed by atoms with E-state index >= 15 is 0 Å². The highest BCUT2D eigenvalue weighted by atomic mass is 16.3. The Bertz CT molecular complexity index is 1320. The van der Waals surface area contributed by atoms with Gasteiger partial charge in [0.15, 0.2) is 11.7 Å². The van der Waals surface area contributed by atoms with Crippen LogP contribution in [-0.2, 0) is 9.59 Å². The van der Waals surface area contributed by atoms with Crippen molar-refractivity contribution in [1.82, 2.24) is 20.0 Å². The number of amides is 4. The first-order valence-electron chi connectivity index (χ1n) is 14.1. The summed E-state index contributed by atoms with van der Waals surface area (Å²) >= 11 is 0. The minimum Gasteiger partial charge on any atom is -0.459 e. The third-order valence-corrected chi connectivity index (χ3v) is 7.99. The smallest absolute Gasteiger partial charge is 0.291 e. The summed E-state index contributed by atoms with van der Waals surface area (Å²) in [5.74, 6) is -0.878. The summed E-state index contributed by atoms with van der Waals surface area (Å²) in [6.45, 7) is 5.59. The standard InChI is InChI=1S/C29H37N7O5/c1-18(2)14-24(37)32-21-16-35(28(40)23-8-5-13-41-23)25-17-34(15-19-9-11-33(12-10-19)29(30)31)26(38)20-6-3-4-7-22(20)36(25)27(21)39/h3-8,13,18-19,21,25H,9-12,14-17H2,1-2H3,(H3,30,31)(H,32,37)/t21-,25?/m0/s1. The number of benzene rings is 1. The topological polar surface area (TPSA) is 156 Å². The number of piperidine rings is 1. The van der Waals surface area contributed by atoms with Gasteiger partial charge >= 0.3 is 0 Å². The number of nitrogens with two attached hydrogens (primary N) is 1. The van der Waals surface area contributed by atoms with Crippen LogP contribution >= 0.6 is 0 Å². The van der Waals surface area contributed by atoms with Crippen LogP contribution in [0.15, 0.2) is 47.1 Å². The van der Waals surface area contributed by atoms with E-state index in [1.165, 1.54) is 16.1 Å². The number of guanidine groups is 1. The van der Waals surface area contributed by atoms with Gasteiger partial charge in [0, 0.05) is 26.1 Å². The molecule has 2 aromatic rings. The number of furan rings is 1. The van der Waals surface area contributed by atoms with Crippen LogP contribution in [-0.4, -0.2) is 89.2 Å². The molecule has 4 N–H and O–H groups in total. The predicted molar refractivity (Wildman–Crippen MR) is 151 cm³/mol. The van der Waals surface area contributed by atoms with Crippen LogP contribution in [0.25, 0.3) is 0 Å². The first-order chi connectivity index (χ1) is 19.6. The first kappa shape index (κ1) is 28.2. The number of hydrogen-bond donors (Lipinski definition) is 3. The average molecular weight is 564 g/mol. The van der Waals surface area contributed by atoms with Gasteiger partial charge in [0.2, 0.25) is 5.91 Å². The lowest BCUT2D eigenvalue weighted by molar-refractivity contribution is -0.131. The summed E-state index contributed by atoms with van der Waals surface area (Å²) in [7, 11) is 0. The van der Waals surface area contributed by atoms with Crippen molar-refractivity contribution in [3.63, 3.8) is 0 Å². The van der Waals surface area contributed by atoms with Crippen molar-refractivity contribution in [3.8, 4) is 0 Å². The Kier molecular flexibility index (Phi) is 8.00. The zero-order valence-electron chi connectivity index (χ0n) is 23.4. The Labute approximate surface area is 238 Å². The maximum absolute atomic E-state index is 14.0. The van der Waals surface area contributed by atoms with Gasteiger partial charge in [0.25, 0.3) is 17.7 Å². The van der Waals surface area contributed by atoms with E-state index < -0.39 is 18.1 Å². The van der Waals surface area contributed by atoms with Crippen LogP contribution in [0.1, 0.15) is 54.0 Å². The Morgan fingerprint density at radius 2 is 1.83 bits per heavy atom. The van der Waals surface area contributed by atoms with Gasteiger partial charge < -0.3 is 30.2 Å². The van der Waals surface area contributed by atoms with Gasteiger partial charge in [0.05, 0.1) is 30.6 Å². The van der Waals surface area contributed by atoms with Crippen molar-refractivity contribution in [3.05, 3.63) is 54.0 Å². The minimum absolute atomic E-state index is 0.0432. The number of carbonyl (C=O) groups is 4. The number of nitrogens with one attached hydrogen (secondary N) is 2. The summed E-state index contributed by atoms with van der Waals surface area (Å²) in [5.41, 5.74) is 6.43. The molecular weight excluding hydrogens is 526 g/mol. The Hall–Kier alpha value is -4.35. The average Bonchev–Trinajstić information content (AvgIpc) is 3.45. The highest BCUT2D eigenvalue weighted by molar-refractivity contribution is 6.09. The fourth-order valence-electron chi connectivity index (χ4n) is 5.94. The maximum atomic E-state index is 14.0. The second-order valence-electron chi connectivity index (χ2n) is 11.4. The van der Waals surface area contributed by atoms with Crippen molar-refractivity contribution in [2.75, 3.05) is 37.6 Å². The molecule has 3 aliphatic heterocycles. The fraction of sp³-hybridized carbons (Fsp3) is 0.483. The van der Waals surface area contributed by atoms with Crippen molar-refractivity contribution >= 4 is 35.3 Å². The molecule has 1 aromatic heterocycles. The normalized spacial score (nSPS) is 21.4. The number of anilines is 1. The molecule has 1 aromatic carbocycles. The predicted octanol–water partition coefficient (Wildman–Crippen LogP) is 1.69. The van der Waals surface area contributed by atoms with Gasteiger partial charge in [-0.05, 0) is 48.9 Å². The quantitative estimate of drug-likeness (QED) is 0.357. The van der Waals surface area contributed by atoms with E-state index in [4.69, 9.17) is 15.6 Å². The SMILES string of the molecule is CC(C)CC(=O)N[C@H]1CN(C(=O)c2ccco2)C2CN(CC3CCN(C(=N)N)CC3)C(=O)c3ccccc3N2C1=O. The first-order valence-corrected chi connectivity index (χ1v) is 14.1. The van der Waals surface area contributed by atoms with E-state index in [1.807, 2.05) is 18.7 Å². The molecule has 4 amide bonds. The van der Waals surface area contributed by atoms with Crippen LogP contribution in [0, 0.1) is 17.2 Å².